The van der Waals surface area contributed by atoms with E-state index in [1.165, 1.54) is 7.11 Å². The third-order valence-corrected chi connectivity index (χ3v) is 5.49. The van der Waals surface area contributed by atoms with E-state index in [1.807, 2.05) is 66.0 Å². The lowest BCUT2D eigenvalue weighted by Gasteiger charge is -2.25. The largest absolute Gasteiger partial charge is 0.465 e. The molecule has 0 aliphatic carbocycles. The number of aromatic nitrogens is 2. The van der Waals surface area contributed by atoms with Crippen LogP contribution in [0, 0.1) is 0 Å². The quantitative estimate of drug-likeness (QED) is 0.544. The number of rotatable bonds is 6. The summed E-state index contributed by atoms with van der Waals surface area (Å²) in [4.78, 5) is 27.1. The predicted octanol–water partition coefficient (Wildman–Crippen LogP) is 3.75. The average Bonchev–Trinajstić information content (AvgIpc) is 2.94. The summed E-state index contributed by atoms with van der Waals surface area (Å²) in [6.07, 6.45) is 0. The second kappa shape index (κ2) is 8.48. The number of methoxy groups -OCH3 is 1. The molecule has 1 aromatic heterocycles. The highest BCUT2D eigenvalue weighted by atomic mass is 79.9. The number of benzene rings is 2. The number of hydrogen-bond donors (Lipinski definition) is 0. The molecule has 28 heavy (non-hydrogen) atoms. The molecule has 3 rings (SSSR count). The third kappa shape index (κ3) is 3.62. The molecule has 0 radical (unpaired) electrons. The van der Waals surface area contributed by atoms with E-state index < -0.39 is 0 Å². The lowest BCUT2D eigenvalue weighted by Crippen LogP contribution is -2.26. The summed E-state index contributed by atoms with van der Waals surface area (Å²) < 4.78 is 8.89. The van der Waals surface area contributed by atoms with Crippen LogP contribution in [0.3, 0.4) is 0 Å². The Balaban J connectivity index is 2.04. The van der Waals surface area contributed by atoms with Gasteiger partial charge in [0.1, 0.15) is 4.47 Å². The maximum Gasteiger partial charge on any atom is 0.339 e. The Morgan fingerprint density at radius 2 is 1.75 bits per heavy atom. The number of para-hydroxylation sites is 2. The van der Waals surface area contributed by atoms with Gasteiger partial charge in [0.25, 0.3) is 5.56 Å². The van der Waals surface area contributed by atoms with Gasteiger partial charge in [0.2, 0.25) is 0 Å². The summed E-state index contributed by atoms with van der Waals surface area (Å²) in [5.41, 5.74) is 2.75. The van der Waals surface area contributed by atoms with Gasteiger partial charge in [-0.25, -0.2) is 9.48 Å². The predicted molar refractivity (Wildman–Crippen MR) is 113 cm³/mol. The van der Waals surface area contributed by atoms with Gasteiger partial charge in [0, 0.05) is 13.6 Å². The van der Waals surface area contributed by atoms with Gasteiger partial charge < -0.3 is 9.64 Å². The number of anilines is 1. The lowest BCUT2D eigenvalue weighted by molar-refractivity contribution is 0.0601. The molecule has 0 spiro atoms. The van der Waals surface area contributed by atoms with E-state index in [1.54, 1.807) is 16.8 Å². The van der Waals surface area contributed by atoms with E-state index in [0.29, 0.717) is 23.1 Å². The van der Waals surface area contributed by atoms with E-state index in [-0.39, 0.29) is 11.5 Å². The summed E-state index contributed by atoms with van der Waals surface area (Å²) in [5.74, 6) is -0.385. The maximum atomic E-state index is 12.8. The zero-order valence-corrected chi connectivity index (χ0v) is 17.6. The molecule has 0 aliphatic heterocycles. The Labute approximate surface area is 172 Å². The van der Waals surface area contributed by atoms with Crippen LogP contribution >= 0.6 is 15.9 Å². The Morgan fingerprint density at radius 3 is 2.39 bits per heavy atom. The third-order valence-electron chi connectivity index (χ3n) is 4.70. The van der Waals surface area contributed by atoms with Crippen LogP contribution in [0.15, 0.2) is 63.9 Å². The number of carbonyl (C=O) groups excluding carboxylic acids is 1. The van der Waals surface area contributed by atoms with E-state index in [0.717, 1.165) is 17.1 Å². The standard InChI is InChI=1S/C21H22BrN3O3/c1-4-24(17-13-9-8-12-16(17)21(27)28-3)14-18-19(22)20(26)25(23(18)2)15-10-6-5-7-11-15/h5-13H,4,14H2,1-3H3. The molecule has 0 unspecified atom stereocenters. The minimum absolute atomic E-state index is 0.124. The number of halogens is 1. The molecule has 3 aromatic rings. The monoisotopic (exact) mass is 443 g/mol. The molecule has 0 fully saturated rings. The van der Waals surface area contributed by atoms with Gasteiger partial charge in [-0.1, -0.05) is 30.3 Å². The van der Waals surface area contributed by atoms with Crippen LogP contribution in [0.4, 0.5) is 5.69 Å². The molecule has 0 saturated carbocycles. The Morgan fingerprint density at radius 1 is 1.11 bits per heavy atom. The molecule has 2 aromatic carbocycles. The van der Waals surface area contributed by atoms with Crippen molar-refractivity contribution in [2.45, 2.75) is 13.5 Å². The van der Waals surface area contributed by atoms with Crippen molar-refractivity contribution >= 4 is 27.6 Å². The van der Waals surface area contributed by atoms with Crippen molar-refractivity contribution in [3.05, 3.63) is 80.7 Å². The fraction of sp³-hybridized carbons (Fsp3) is 0.238. The normalized spacial score (nSPS) is 10.7. The van der Waals surface area contributed by atoms with Gasteiger partial charge in [0.15, 0.2) is 0 Å². The first-order valence-electron chi connectivity index (χ1n) is 8.93. The van der Waals surface area contributed by atoms with Crippen molar-refractivity contribution in [1.82, 2.24) is 9.36 Å². The molecule has 146 valence electrons. The first-order chi connectivity index (χ1) is 13.5. The number of carbonyl (C=O) groups is 1. The van der Waals surface area contributed by atoms with Gasteiger partial charge in [-0.2, -0.15) is 0 Å². The molecule has 0 amide bonds. The van der Waals surface area contributed by atoms with Crippen LogP contribution in [0.2, 0.25) is 0 Å². The summed E-state index contributed by atoms with van der Waals surface area (Å²) in [6, 6.07) is 16.8. The smallest absolute Gasteiger partial charge is 0.339 e. The highest BCUT2D eigenvalue weighted by Crippen LogP contribution is 2.25. The van der Waals surface area contributed by atoms with Gasteiger partial charge in [-0.15, -0.1) is 0 Å². The highest BCUT2D eigenvalue weighted by Gasteiger charge is 2.21. The number of ether oxygens (including phenoxy) is 1. The number of hydrogen-bond acceptors (Lipinski definition) is 4. The topological polar surface area (TPSA) is 56.5 Å². The minimum Gasteiger partial charge on any atom is -0.465 e. The molecule has 0 N–H and O–H groups in total. The van der Waals surface area contributed by atoms with E-state index in [9.17, 15) is 9.59 Å². The Hall–Kier alpha value is -2.80. The zero-order valence-electron chi connectivity index (χ0n) is 16.1. The summed E-state index contributed by atoms with van der Waals surface area (Å²) in [7, 11) is 3.23. The van der Waals surface area contributed by atoms with Gasteiger partial charge in [-0.3, -0.25) is 9.48 Å². The Kier molecular flexibility index (Phi) is 6.04. The summed E-state index contributed by atoms with van der Waals surface area (Å²) in [6.45, 7) is 3.12. The summed E-state index contributed by atoms with van der Waals surface area (Å²) in [5, 5.41) is 0. The lowest BCUT2D eigenvalue weighted by atomic mass is 10.1. The summed E-state index contributed by atoms with van der Waals surface area (Å²) >= 11 is 3.47. The van der Waals surface area contributed by atoms with Gasteiger partial charge in [0.05, 0.1) is 36.3 Å². The first kappa shape index (κ1) is 19.9. The van der Waals surface area contributed by atoms with Crippen molar-refractivity contribution in [2.24, 2.45) is 7.05 Å². The molecule has 1 heterocycles. The van der Waals surface area contributed by atoms with Crippen LogP contribution < -0.4 is 10.5 Å². The van der Waals surface area contributed by atoms with Crippen molar-refractivity contribution in [2.75, 3.05) is 18.6 Å². The molecular formula is C21H22BrN3O3. The zero-order chi connectivity index (χ0) is 20.3. The number of esters is 1. The molecule has 0 bridgehead atoms. The van der Waals surface area contributed by atoms with Gasteiger partial charge in [-0.05, 0) is 47.1 Å². The van der Waals surface area contributed by atoms with E-state index in [4.69, 9.17) is 4.74 Å². The van der Waals surface area contributed by atoms with Crippen molar-refractivity contribution in [3.8, 4) is 5.69 Å². The fourth-order valence-corrected chi connectivity index (χ4v) is 3.78. The average molecular weight is 444 g/mol. The number of nitrogens with zero attached hydrogens (tertiary/aromatic N) is 3. The van der Waals surface area contributed by atoms with Crippen LogP contribution in [0.5, 0.6) is 0 Å². The molecule has 0 saturated heterocycles. The van der Waals surface area contributed by atoms with Crippen LogP contribution in [-0.4, -0.2) is 29.0 Å². The van der Waals surface area contributed by atoms with Crippen LogP contribution in [0.1, 0.15) is 23.0 Å². The molecule has 0 atom stereocenters. The first-order valence-corrected chi connectivity index (χ1v) is 9.73. The van der Waals surface area contributed by atoms with Crippen LogP contribution in [0.25, 0.3) is 5.69 Å². The van der Waals surface area contributed by atoms with Crippen LogP contribution in [-0.2, 0) is 18.3 Å². The second-order valence-corrected chi connectivity index (χ2v) is 7.05. The molecular weight excluding hydrogens is 422 g/mol. The molecule has 6 nitrogen and oxygen atoms in total. The SMILES string of the molecule is CCN(Cc1c(Br)c(=O)n(-c2ccccc2)n1C)c1ccccc1C(=O)OC. The second-order valence-electron chi connectivity index (χ2n) is 6.26. The molecule has 0 aliphatic rings. The van der Waals surface area contributed by atoms with E-state index >= 15 is 0 Å². The van der Waals surface area contributed by atoms with Crippen molar-refractivity contribution in [1.29, 1.82) is 0 Å². The van der Waals surface area contributed by atoms with Crippen molar-refractivity contribution in [3.63, 3.8) is 0 Å². The van der Waals surface area contributed by atoms with Crippen molar-refractivity contribution < 1.29 is 9.53 Å². The maximum absolute atomic E-state index is 12.8. The molecule has 7 heteroatoms. The Bertz CT molecular complexity index is 1040. The van der Waals surface area contributed by atoms with Gasteiger partial charge >= 0.3 is 5.97 Å². The fourth-order valence-electron chi connectivity index (χ4n) is 3.23. The highest BCUT2D eigenvalue weighted by molar-refractivity contribution is 9.10. The van der Waals surface area contributed by atoms with E-state index in [2.05, 4.69) is 15.9 Å². The minimum atomic E-state index is -0.385.